The summed E-state index contributed by atoms with van der Waals surface area (Å²) in [5.74, 6) is 0.228. The predicted molar refractivity (Wildman–Crippen MR) is 97.6 cm³/mol. The highest BCUT2D eigenvalue weighted by Crippen LogP contribution is 2.21. The highest BCUT2D eigenvalue weighted by atomic mass is 19.1. The van der Waals surface area contributed by atoms with Gasteiger partial charge >= 0.3 is 0 Å². The largest absolute Gasteiger partial charge is 0.352 e. The molecule has 0 unspecified atom stereocenters. The van der Waals surface area contributed by atoms with Crippen LogP contribution in [0.1, 0.15) is 22.6 Å². The maximum atomic E-state index is 13.4. The molecule has 0 aliphatic rings. The minimum atomic E-state index is -0.367. The third kappa shape index (κ3) is 3.55. The van der Waals surface area contributed by atoms with Crippen LogP contribution in [-0.2, 0) is 6.42 Å². The average molecular weight is 364 g/mol. The highest BCUT2D eigenvalue weighted by molar-refractivity contribution is 5.99. The lowest BCUT2D eigenvalue weighted by Crippen LogP contribution is -2.25. The Morgan fingerprint density at radius 2 is 2.11 bits per heavy atom. The van der Waals surface area contributed by atoms with Gasteiger partial charge in [0.05, 0.1) is 17.5 Å². The summed E-state index contributed by atoms with van der Waals surface area (Å²) in [6.45, 7) is 0.481. The van der Waals surface area contributed by atoms with Gasteiger partial charge in [-0.25, -0.2) is 4.39 Å². The lowest BCUT2D eigenvalue weighted by molar-refractivity contribution is 0.0954. The predicted octanol–water partition coefficient (Wildman–Crippen LogP) is 2.62. The molecule has 27 heavy (non-hydrogen) atoms. The fourth-order valence-corrected chi connectivity index (χ4v) is 2.93. The summed E-state index contributed by atoms with van der Waals surface area (Å²) in [6.07, 6.45) is 4.77. The molecule has 0 fully saturated rings. The van der Waals surface area contributed by atoms with E-state index in [1.165, 1.54) is 18.3 Å². The molecule has 4 aromatic rings. The molecule has 3 heterocycles. The molecule has 0 spiro atoms. The van der Waals surface area contributed by atoms with Crippen molar-refractivity contribution in [3.8, 4) is 11.3 Å². The number of pyridine rings is 1. The zero-order chi connectivity index (χ0) is 18.6. The van der Waals surface area contributed by atoms with Gasteiger partial charge in [-0.3, -0.25) is 14.3 Å². The Kier molecular flexibility index (Phi) is 4.61. The number of amides is 1. The van der Waals surface area contributed by atoms with Crippen LogP contribution in [0.4, 0.5) is 4.39 Å². The number of hydrogen-bond acceptors (Lipinski definition) is 4. The van der Waals surface area contributed by atoms with Crippen LogP contribution in [0, 0.1) is 5.82 Å². The first-order valence-corrected chi connectivity index (χ1v) is 8.58. The molecule has 0 atom stereocenters. The standard InChI is InChI=1S/C19H17FN6O/c20-14-6-3-5-13(11-14)18-15(12-22-25-18)19(27)21-9-4-8-17-24-23-16-7-1-2-10-26(16)17/h1-3,5-7,10-12H,4,8-9H2,(H,21,27)(H,22,25). The van der Waals surface area contributed by atoms with E-state index < -0.39 is 0 Å². The minimum absolute atomic E-state index is 0.255. The van der Waals surface area contributed by atoms with Crippen molar-refractivity contribution in [3.63, 3.8) is 0 Å². The third-order valence-electron chi connectivity index (χ3n) is 4.24. The molecule has 8 heteroatoms. The van der Waals surface area contributed by atoms with Gasteiger partial charge < -0.3 is 5.32 Å². The number of carbonyl (C=O) groups is 1. The number of nitrogens with zero attached hydrogens (tertiary/aromatic N) is 4. The summed E-state index contributed by atoms with van der Waals surface area (Å²) in [5.41, 5.74) is 2.26. The number of hydrogen-bond donors (Lipinski definition) is 2. The van der Waals surface area contributed by atoms with E-state index in [-0.39, 0.29) is 11.7 Å². The van der Waals surface area contributed by atoms with E-state index >= 15 is 0 Å². The maximum Gasteiger partial charge on any atom is 0.255 e. The third-order valence-corrected chi connectivity index (χ3v) is 4.24. The second-order valence-corrected chi connectivity index (χ2v) is 6.07. The molecule has 0 bridgehead atoms. The number of rotatable bonds is 6. The van der Waals surface area contributed by atoms with Crippen LogP contribution in [0.5, 0.6) is 0 Å². The van der Waals surface area contributed by atoms with Crippen LogP contribution in [0.3, 0.4) is 0 Å². The van der Waals surface area contributed by atoms with E-state index in [2.05, 4.69) is 25.7 Å². The van der Waals surface area contributed by atoms with Crippen LogP contribution in [0.25, 0.3) is 16.9 Å². The molecule has 3 aromatic heterocycles. The van der Waals surface area contributed by atoms with Crippen molar-refractivity contribution in [1.82, 2.24) is 30.1 Å². The summed E-state index contributed by atoms with van der Waals surface area (Å²) >= 11 is 0. The number of benzene rings is 1. The number of H-pyrrole nitrogens is 1. The van der Waals surface area contributed by atoms with Crippen LogP contribution in [0.2, 0.25) is 0 Å². The molecular weight excluding hydrogens is 347 g/mol. The van der Waals surface area contributed by atoms with Crippen molar-refractivity contribution in [3.05, 3.63) is 72.1 Å². The minimum Gasteiger partial charge on any atom is -0.352 e. The van der Waals surface area contributed by atoms with Gasteiger partial charge in [0.25, 0.3) is 5.91 Å². The van der Waals surface area contributed by atoms with E-state index in [0.717, 1.165) is 11.5 Å². The average Bonchev–Trinajstić information content (AvgIpc) is 3.32. The van der Waals surface area contributed by atoms with Gasteiger partial charge in [-0.2, -0.15) is 5.10 Å². The Bertz CT molecular complexity index is 1090. The lowest BCUT2D eigenvalue weighted by atomic mass is 10.1. The van der Waals surface area contributed by atoms with Crippen molar-refractivity contribution in [2.75, 3.05) is 6.54 Å². The van der Waals surface area contributed by atoms with Crippen molar-refractivity contribution < 1.29 is 9.18 Å². The van der Waals surface area contributed by atoms with Gasteiger partial charge in [0.15, 0.2) is 5.65 Å². The monoisotopic (exact) mass is 364 g/mol. The Labute approximate surface area is 154 Å². The number of aromatic amines is 1. The zero-order valence-electron chi connectivity index (χ0n) is 14.4. The smallest absolute Gasteiger partial charge is 0.255 e. The molecular formula is C19H17FN6O. The van der Waals surface area contributed by atoms with Gasteiger partial charge in [-0.05, 0) is 30.7 Å². The molecule has 0 radical (unpaired) electrons. The summed E-state index contributed by atoms with van der Waals surface area (Å²) in [4.78, 5) is 12.5. The maximum absolute atomic E-state index is 13.4. The molecule has 136 valence electrons. The first kappa shape index (κ1) is 16.9. The molecule has 4 rings (SSSR count). The number of aryl methyl sites for hydroxylation is 1. The van der Waals surface area contributed by atoms with Crippen LogP contribution >= 0.6 is 0 Å². The van der Waals surface area contributed by atoms with Crippen molar-refractivity contribution >= 4 is 11.6 Å². The molecule has 2 N–H and O–H groups in total. The number of halogens is 1. The summed E-state index contributed by atoms with van der Waals surface area (Å²) < 4.78 is 15.4. The van der Waals surface area contributed by atoms with E-state index in [1.807, 2.05) is 28.8 Å². The zero-order valence-corrected chi connectivity index (χ0v) is 14.4. The first-order chi connectivity index (χ1) is 13.2. The SMILES string of the molecule is O=C(NCCCc1nnc2ccccn12)c1cn[nH]c1-c1cccc(F)c1. The van der Waals surface area contributed by atoms with Crippen molar-refractivity contribution in [2.45, 2.75) is 12.8 Å². The first-order valence-electron chi connectivity index (χ1n) is 8.58. The highest BCUT2D eigenvalue weighted by Gasteiger charge is 2.15. The molecule has 0 aliphatic carbocycles. The molecule has 7 nitrogen and oxygen atoms in total. The van der Waals surface area contributed by atoms with Gasteiger partial charge in [-0.15, -0.1) is 10.2 Å². The number of fused-ring (bicyclic) bond motifs is 1. The van der Waals surface area contributed by atoms with Gasteiger partial charge in [-0.1, -0.05) is 18.2 Å². The fourth-order valence-electron chi connectivity index (χ4n) is 2.93. The van der Waals surface area contributed by atoms with Gasteiger partial charge in [0, 0.05) is 24.7 Å². The Morgan fingerprint density at radius 3 is 3.00 bits per heavy atom. The second-order valence-electron chi connectivity index (χ2n) is 6.07. The Hall–Kier alpha value is -3.55. The fraction of sp³-hybridized carbons (Fsp3) is 0.158. The van der Waals surface area contributed by atoms with E-state index in [9.17, 15) is 9.18 Å². The van der Waals surface area contributed by atoms with E-state index in [4.69, 9.17) is 0 Å². The lowest BCUT2D eigenvalue weighted by Gasteiger charge is -2.06. The Morgan fingerprint density at radius 1 is 1.19 bits per heavy atom. The van der Waals surface area contributed by atoms with Gasteiger partial charge in [0.1, 0.15) is 11.6 Å². The quantitative estimate of drug-likeness (QED) is 0.515. The van der Waals surface area contributed by atoms with E-state index in [1.54, 1.807) is 12.1 Å². The van der Waals surface area contributed by atoms with Crippen LogP contribution < -0.4 is 5.32 Å². The van der Waals surface area contributed by atoms with Crippen LogP contribution in [0.15, 0.2) is 54.9 Å². The molecule has 1 aromatic carbocycles. The Balaban J connectivity index is 1.37. The molecule has 0 saturated carbocycles. The molecule has 0 saturated heterocycles. The molecule has 0 aliphatic heterocycles. The molecule has 1 amide bonds. The number of aromatic nitrogens is 5. The summed E-state index contributed by atoms with van der Waals surface area (Å²) in [5, 5.41) is 17.8. The van der Waals surface area contributed by atoms with Crippen LogP contribution in [-0.4, -0.2) is 37.2 Å². The summed E-state index contributed by atoms with van der Waals surface area (Å²) in [7, 11) is 0. The van der Waals surface area contributed by atoms with E-state index in [0.29, 0.717) is 36.2 Å². The second kappa shape index (κ2) is 7.36. The topological polar surface area (TPSA) is 88.0 Å². The summed E-state index contributed by atoms with van der Waals surface area (Å²) in [6, 6.07) is 11.8. The van der Waals surface area contributed by atoms with Crippen molar-refractivity contribution in [2.24, 2.45) is 0 Å². The van der Waals surface area contributed by atoms with Gasteiger partial charge in [0.2, 0.25) is 0 Å². The number of nitrogens with one attached hydrogen (secondary N) is 2. The normalized spacial score (nSPS) is 11.0. The number of carbonyl (C=O) groups excluding carboxylic acids is 1. The van der Waals surface area contributed by atoms with Crippen molar-refractivity contribution in [1.29, 1.82) is 0 Å².